The summed E-state index contributed by atoms with van der Waals surface area (Å²) in [5.41, 5.74) is 2.07. The van der Waals surface area contributed by atoms with Crippen LogP contribution < -0.4 is 4.74 Å². The number of aromatic nitrogens is 2. The molecule has 94 valence electrons. The standard InChI is InChI=1S/C14H17N3O/c1-17-10-8-13(16-17)11-15-9-7-12-5-3-4-6-14(12)18-2/h3-6,8,10-11H,7,9H2,1-2H3. The van der Waals surface area contributed by atoms with Crippen molar-refractivity contribution in [2.24, 2.45) is 12.0 Å². The molecule has 0 saturated carbocycles. The second kappa shape index (κ2) is 6.00. The third-order valence-corrected chi connectivity index (χ3v) is 2.66. The maximum Gasteiger partial charge on any atom is 0.122 e. The summed E-state index contributed by atoms with van der Waals surface area (Å²) in [7, 11) is 3.59. The van der Waals surface area contributed by atoms with E-state index in [9.17, 15) is 0 Å². The Morgan fingerprint density at radius 1 is 1.33 bits per heavy atom. The Morgan fingerprint density at radius 2 is 2.17 bits per heavy atom. The topological polar surface area (TPSA) is 39.4 Å². The molecule has 1 aromatic heterocycles. The van der Waals surface area contributed by atoms with Crippen LogP contribution in [-0.4, -0.2) is 29.6 Å². The molecular weight excluding hydrogens is 226 g/mol. The first kappa shape index (κ1) is 12.4. The van der Waals surface area contributed by atoms with E-state index in [2.05, 4.69) is 16.2 Å². The largest absolute Gasteiger partial charge is 0.496 e. The van der Waals surface area contributed by atoms with E-state index in [0.717, 1.165) is 24.4 Å². The lowest BCUT2D eigenvalue weighted by molar-refractivity contribution is 0.410. The maximum absolute atomic E-state index is 5.30. The van der Waals surface area contributed by atoms with Gasteiger partial charge in [-0.1, -0.05) is 18.2 Å². The van der Waals surface area contributed by atoms with Gasteiger partial charge >= 0.3 is 0 Å². The fraction of sp³-hybridized carbons (Fsp3) is 0.286. The quantitative estimate of drug-likeness (QED) is 0.754. The molecule has 1 aromatic carbocycles. The van der Waals surface area contributed by atoms with Crippen LogP contribution in [-0.2, 0) is 13.5 Å². The van der Waals surface area contributed by atoms with Crippen molar-refractivity contribution in [1.29, 1.82) is 0 Å². The number of rotatable bonds is 5. The summed E-state index contributed by atoms with van der Waals surface area (Å²) in [4.78, 5) is 4.37. The molecule has 0 unspecified atom stereocenters. The van der Waals surface area contributed by atoms with E-state index in [1.54, 1.807) is 18.0 Å². The average Bonchev–Trinajstić information content (AvgIpc) is 2.81. The van der Waals surface area contributed by atoms with Crippen molar-refractivity contribution in [3.63, 3.8) is 0 Å². The molecule has 4 nitrogen and oxygen atoms in total. The molecule has 0 aliphatic heterocycles. The molecule has 0 atom stereocenters. The Labute approximate surface area is 107 Å². The summed E-state index contributed by atoms with van der Waals surface area (Å²) in [6.07, 6.45) is 4.57. The lowest BCUT2D eigenvalue weighted by Gasteiger charge is -2.05. The summed E-state index contributed by atoms with van der Waals surface area (Å²) in [6.45, 7) is 0.733. The number of benzene rings is 1. The van der Waals surface area contributed by atoms with Crippen molar-refractivity contribution in [1.82, 2.24) is 9.78 Å². The minimum atomic E-state index is 0.733. The zero-order valence-electron chi connectivity index (χ0n) is 10.7. The molecule has 2 rings (SSSR count). The van der Waals surface area contributed by atoms with Crippen molar-refractivity contribution >= 4 is 6.21 Å². The zero-order chi connectivity index (χ0) is 12.8. The van der Waals surface area contributed by atoms with Crippen LogP contribution in [0.15, 0.2) is 41.5 Å². The SMILES string of the molecule is COc1ccccc1CCN=Cc1ccn(C)n1. The van der Waals surface area contributed by atoms with Gasteiger partial charge < -0.3 is 4.74 Å². The van der Waals surface area contributed by atoms with E-state index in [4.69, 9.17) is 4.74 Å². The fourth-order valence-electron chi connectivity index (χ4n) is 1.75. The van der Waals surface area contributed by atoms with Crippen LogP contribution in [0.2, 0.25) is 0 Å². The van der Waals surface area contributed by atoms with Gasteiger partial charge in [0.15, 0.2) is 0 Å². The molecule has 0 spiro atoms. The summed E-state index contributed by atoms with van der Waals surface area (Å²) in [5.74, 6) is 0.922. The molecule has 0 fully saturated rings. The molecule has 18 heavy (non-hydrogen) atoms. The van der Waals surface area contributed by atoms with Crippen LogP contribution in [0.5, 0.6) is 5.75 Å². The third kappa shape index (κ3) is 3.20. The predicted molar refractivity (Wildman–Crippen MR) is 72.4 cm³/mol. The zero-order valence-corrected chi connectivity index (χ0v) is 10.7. The summed E-state index contributed by atoms with van der Waals surface area (Å²) < 4.78 is 7.06. The van der Waals surface area contributed by atoms with Gasteiger partial charge in [0.2, 0.25) is 0 Å². The first-order valence-electron chi connectivity index (χ1n) is 5.91. The monoisotopic (exact) mass is 243 g/mol. The molecule has 0 bridgehead atoms. The summed E-state index contributed by atoms with van der Waals surface area (Å²) >= 11 is 0. The van der Waals surface area contributed by atoms with Gasteiger partial charge in [-0.15, -0.1) is 0 Å². The van der Waals surface area contributed by atoms with Crippen molar-refractivity contribution in [2.45, 2.75) is 6.42 Å². The van der Waals surface area contributed by atoms with Gasteiger partial charge in [-0.3, -0.25) is 9.67 Å². The van der Waals surface area contributed by atoms with Crippen molar-refractivity contribution in [3.8, 4) is 5.75 Å². The van der Waals surface area contributed by atoms with Crippen LogP contribution >= 0.6 is 0 Å². The second-order valence-corrected chi connectivity index (χ2v) is 4.01. The predicted octanol–water partition coefficient (Wildman–Crippen LogP) is 2.09. The van der Waals surface area contributed by atoms with Gasteiger partial charge in [0, 0.05) is 26.0 Å². The first-order valence-corrected chi connectivity index (χ1v) is 5.91. The second-order valence-electron chi connectivity index (χ2n) is 4.01. The van der Waals surface area contributed by atoms with E-state index >= 15 is 0 Å². The molecule has 0 amide bonds. The van der Waals surface area contributed by atoms with Gasteiger partial charge in [-0.2, -0.15) is 5.10 Å². The molecule has 0 saturated heterocycles. The van der Waals surface area contributed by atoms with Gasteiger partial charge in [0.25, 0.3) is 0 Å². The molecule has 4 heteroatoms. The highest BCUT2D eigenvalue weighted by molar-refractivity contribution is 5.76. The Hall–Kier alpha value is -2.10. The summed E-state index contributed by atoms with van der Waals surface area (Å²) in [5, 5.41) is 4.23. The number of aryl methyl sites for hydroxylation is 1. The van der Waals surface area contributed by atoms with E-state index in [-0.39, 0.29) is 0 Å². The third-order valence-electron chi connectivity index (χ3n) is 2.66. The maximum atomic E-state index is 5.30. The number of hydrogen-bond donors (Lipinski definition) is 0. The number of para-hydroxylation sites is 1. The van der Waals surface area contributed by atoms with Crippen LogP contribution in [0.1, 0.15) is 11.3 Å². The Balaban J connectivity index is 1.90. The molecule has 0 radical (unpaired) electrons. The van der Waals surface area contributed by atoms with Crippen molar-refractivity contribution in [2.75, 3.05) is 13.7 Å². The van der Waals surface area contributed by atoms with Crippen LogP contribution in [0.25, 0.3) is 0 Å². The highest BCUT2D eigenvalue weighted by Gasteiger charge is 1.99. The van der Waals surface area contributed by atoms with Gasteiger partial charge in [-0.05, 0) is 24.1 Å². The van der Waals surface area contributed by atoms with Crippen LogP contribution in [0, 0.1) is 0 Å². The Bertz CT molecular complexity index is 531. The van der Waals surface area contributed by atoms with Crippen LogP contribution in [0.3, 0.4) is 0 Å². The van der Waals surface area contributed by atoms with Crippen LogP contribution in [0.4, 0.5) is 0 Å². The van der Waals surface area contributed by atoms with E-state index in [1.807, 2.05) is 37.5 Å². The molecule has 2 aromatic rings. The molecule has 0 aliphatic rings. The highest BCUT2D eigenvalue weighted by Crippen LogP contribution is 2.17. The lowest BCUT2D eigenvalue weighted by Crippen LogP contribution is -1.95. The van der Waals surface area contributed by atoms with E-state index in [0.29, 0.717) is 0 Å². The lowest BCUT2D eigenvalue weighted by atomic mass is 10.1. The number of ether oxygens (including phenoxy) is 1. The number of nitrogens with zero attached hydrogens (tertiary/aromatic N) is 3. The average molecular weight is 243 g/mol. The first-order chi connectivity index (χ1) is 8.79. The van der Waals surface area contributed by atoms with E-state index in [1.165, 1.54) is 5.56 Å². The molecular formula is C14H17N3O. The normalized spacial score (nSPS) is 11.0. The number of aliphatic imine (C=N–C) groups is 1. The molecule has 1 heterocycles. The van der Waals surface area contributed by atoms with E-state index < -0.39 is 0 Å². The summed E-state index contributed by atoms with van der Waals surface area (Å²) in [6, 6.07) is 9.96. The minimum Gasteiger partial charge on any atom is -0.496 e. The molecule has 0 N–H and O–H groups in total. The van der Waals surface area contributed by atoms with Crippen molar-refractivity contribution in [3.05, 3.63) is 47.8 Å². The number of methoxy groups -OCH3 is 1. The van der Waals surface area contributed by atoms with Gasteiger partial charge in [-0.25, -0.2) is 0 Å². The Morgan fingerprint density at radius 3 is 2.89 bits per heavy atom. The van der Waals surface area contributed by atoms with Gasteiger partial charge in [0.05, 0.1) is 7.11 Å². The van der Waals surface area contributed by atoms with Gasteiger partial charge in [0.1, 0.15) is 11.4 Å². The smallest absolute Gasteiger partial charge is 0.122 e. The minimum absolute atomic E-state index is 0.733. The fourth-order valence-corrected chi connectivity index (χ4v) is 1.75. The Kier molecular flexibility index (Phi) is 4.12. The molecule has 0 aliphatic carbocycles. The van der Waals surface area contributed by atoms with Crippen molar-refractivity contribution < 1.29 is 4.74 Å². The number of hydrogen-bond acceptors (Lipinski definition) is 3. The highest BCUT2D eigenvalue weighted by atomic mass is 16.5.